The predicted molar refractivity (Wildman–Crippen MR) is 103 cm³/mol. The second kappa shape index (κ2) is 12.8. The topological polar surface area (TPSA) is 75.2 Å². The molecule has 0 aromatic rings. The van der Waals surface area contributed by atoms with Crippen molar-refractivity contribution in [2.24, 2.45) is 10.9 Å². The first-order chi connectivity index (χ1) is 11.7. The number of carbonyl (C=O) groups is 1. The van der Waals surface area contributed by atoms with Gasteiger partial charge in [0.1, 0.15) is 5.60 Å². The molecule has 1 atom stereocenters. The van der Waals surface area contributed by atoms with Crippen molar-refractivity contribution in [3.63, 3.8) is 0 Å². The summed E-state index contributed by atoms with van der Waals surface area (Å²) in [7, 11) is 3.52. The lowest BCUT2D eigenvalue weighted by molar-refractivity contribution is 0.0278. The molecule has 1 unspecified atom stereocenters. The molecule has 25 heavy (non-hydrogen) atoms. The lowest BCUT2D eigenvalue weighted by atomic mass is 10.1. The molecule has 2 N–H and O–H groups in total. The van der Waals surface area contributed by atoms with Crippen LogP contribution in [-0.2, 0) is 9.47 Å². The van der Waals surface area contributed by atoms with Gasteiger partial charge < -0.3 is 25.0 Å². The Labute approximate surface area is 153 Å². The summed E-state index contributed by atoms with van der Waals surface area (Å²) in [5.41, 5.74) is -0.471. The van der Waals surface area contributed by atoms with Crippen LogP contribution in [0.1, 0.15) is 47.5 Å². The Morgan fingerprint density at radius 2 is 1.92 bits per heavy atom. The van der Waals surface area contributed by atoms with Crippen LogP contribution in [0.15, 0.2) is 4.99 Å². The molecular weight excluding hydrogens is 320 g/mol. The van der Waals surface area contributed by atoms with E-state index in [0.29, 0.717) is 6.54 Å². The minimum atomic E-state index is -0.471. The number of aliphatic imine (C=N–C) groups is 1. The van der Waals surface area contributed by atoms with Crippen LogP contribution in [0.3, 0.4) is 0 Å². The lowest BCUT2D eigenvalue weighted by Crippen LogP contribution is -2.43. The summed E-state index contributed by atoms with van der Waals surface area (Å²) >= 11 is 0. The molecule has 0 saturated carbocycles. The first kappa shape index (κ1) is 23.5. The zero-order valence-electron chi connectivity index (χ0n) is 17.1. The molecular formula is C18H38N4O3. The van der Waals surface area contributed by atoms with Crippen LogP contribution in [-0.4, -0.2) is 69.5 Å². The number of ether oxygens (including phenoxy) is 2. The Hall–Kier alpha value is -1.50. The van der Waals surface area contributed by atoms with Gasteiger partial charge in [-0.3, -0.25) is 4.99 Å². The zero-order valence-corrected chi connectivity index (χ0v) is 17.1. The average Bonchev–Trinajstić information content (AvgIpc) is 2.51. The molecule has 148 valence electrons. The SMILES string of the molecule is CCOCCCCNC(=NC)NCC(C)CN(C)C(=O)OC(C)(C)C. The molecule has 0 spiro atoms. The van der Waals surface area contributed by atoms with Crippen molar-refractivity contribution in [1.82, 2.24) is 15.5 Å². The fraction of sp³-hybridized carbons (Fsp3) is 0.889. The summed E-state index contributed by atoms with van der Waals surface area (Å²) in [6.45, 7) is 13.5. The molecule has 0 aliphatic heterocycles. The fourth-order valence-electron chi connectivity index (χ4n) is 2.12. The Balaban J connectivity index is 4.00. The lowest BCUT2D eigenvalue weighted by Gasteiger charge is -2.26. The van der Waals surface area contributed by atoms with Gasteiger partial charge in [-0.2, -0.15) is 0 Å². The monoisotopic (exact) mass is 358 g/mol. The van der Waals surface area contributed by atoms with Crippen molar-refractivity contribution >= 4 is 12.1 Å². The van der Waals surface area contributed by atoms with Gasteiger partial charge in [-0.25, -0.2) is 4.79 Å². The standard InChI is InChI=1S/C18H38N4O3/c1-8-24-12-10-9-11-20-16(19-6)21-13-15(2)14-22(7)17(23)25-18(3,4)5/h15H,8-14H2,1-7H3,(H2,19,20,21). The van der Waals surface area contributed by atoms with E-state index in [9.17, 15) is 4.79 Å². The molecule has 0 saturated heterocycles. The largest absolute Gasteiger partial charge is 0.444 e. The van der Waals surface area contributed by atoms with Crippen LogP contribution in [0.4, 0.5) is 4.79 Å². The van der Waals surface area contributed by atoms with Crippen molar-refractivity contribution in [3.8, 4) is 0 Å². The number of unbranched alkanes of at least 4 members (excludes halogenated alkanes) is 1. The quantitative estimate of drug-likeness (QED) is 0.356. The average molecular weight is 359 g/mol. The third-order valence-corrected chi connectivity index (χ3v) is 3.34. The Kier molecular flexibility index (Phi) is 12.0. The second-order valence-corrected chi connectivity index (χ2v) is 7.25. The fourth-order valence-corrected chi connectivity index (χ4v) is 2.12. The van der Waals surface area contributed by atoms with E-state index in [-0.39, 0.29) is 12.0 Å². The van der Waals surface area contributed by atoms with Crippen LogP contribution in [0.25, 0.3) is 0 Å². The van der Waals surface area contributed by atoms with E-state index in [4.69, 9.17) is 9.47 Å². The van der Waals surface area contributed by atoms with Gasteiger partial charge in [-0.1, -0.05) is 6.92 Å². The molecule has 1 amide bonds. The summed E-state index contributed by atoms with van der Waals surface area (Å²) in [5, 5.41) is 6.58. The van der Waals surface area contributed by atoms with E-state index in [1.165, 1.54) is 0 Å². The van der Waals surface area contributed by atoms with Gasteiger partial charge in [0.15, 0.2) is 5.96 Å². The molecule has 0 aromatic heterocycles. The summed E-state index contributed by atoms with van der Waals surface area (Å²) in [5.74, 6) is 1.05. The second-order valence-electron chi connectivity index (χ2n) is 7.25. The van der Waals surface area contributed by atoms with Crippen molar-refractivity contribution in [2.75, 3.05) is 46.9 Å². The zero-order chi connectivity index (χ0) is 19.3. The molecule has 7 heteroatoms. The number of hydrogen-bond acceptors (Lipinski definition) is 4. The molecule has 0 aliphatic carbocycles. The van der Waals surface area contributed by atoms with Crippen molar-refractivity contribution < 1.29 is 14.3 Å². The van der Waals surface area contributed by atoms with Crippen LogP contribution >= 0.6 is 0 Å². The van der Waals surface area contributed by atoms with Crippen LogP contribution in [0.2, 0.25) is 0 Å². The first-order valence-electron chi connectivity index (χ1n) is 9.16. The van der Waals surface area contributed by atoms with Gasteiger partial charge in [0.2, 0.25) is 0 Å². The van der Waals surface area contributed by atoms with Gasteiger partial charge in [0, 0.05) is 46.9 Å². The number of guanidine groups is 1. The molecule has 0 fully saturated rings. The van der Waals surface area contributed by atoms with E-state index >= 15 is 0 Å². The molecule has 0 radical (unpaired) electrons. The number of nitrogens with one attached hydrogen (secondary N) is 2. The number of amides is 1. The van der Waals surface area contributed by atoms with Crippen LogP contribution < -0.4 is 10.6 Å². The number of nitrogens with zero attached hydrogens (tertiary/aromatic N) is 2. The maximum Gasteiger partial charge on any atom is 0.410 e. The number of hydrogen-bond donors (Lipinski definition) is 2. The van der Waals surface area contributed by atoms with Gasteiger partial charge in [0.05, 0.1) is 0 Å². The molecule has 7 nitrogen and oxygen atoms in total. The highest BCUT2D eigenvalue weighted by atomic mass is 16.6. The molecule has 0 rings (SSSR count). The number of rotatable bonds is 10. The third-order valence-electron chi connectivity index (χ3n) is 3.34. The van der Waals surface area contributed by atoms with E-state index < -0.39 is 5.60 Å². The maximum absolute atomic E-state index is 12.0. The Bertz CT molecular complexity index is 394. The minimum Gasteiger partial charge on any atom is -0.444 e. The van der Waals surface area contributed by atoms with Crippen LogP contribution in [0, 0.1) is 5.92 Å². The van der Waals surface area contributed by atoms with Crippen molar-refractivity contribution in [3.05, 3.63) is 0 Å². The Morgan fingerprint density at radius 1 is 1.24 bits per heavy atom. The maximum atomic E-state index is 12.0. The van der Waals surface area contributed by atoms with E-state index in [1.807, 2.05) is 27.7 Å². The minimum absolute atomic E-state index is 0.272. The van der Waals surface area contributed by atoms with E-state index in [2.05, 4.69) is 22.5 Å². The van der Waals surface area contributed by atoms with Gasteiger partial charge in [-0.05, 0) is 46.5 Å². The molecule has 0 bridgehead atoms. The third kappa shape index (κ3) is 13.5. The summed E-state index contributed by atoms with van der Waals surface area (Å²) in [6.07, 6.45) is 1.78. The molecule has 0 heterocycles. The summed E-state index contributed by atoms with van der Waals surface area (Å²) < 4.78 is 10.7. The predicted octanol–water partition coefficient (Wildman–Crippen LogP) is 2.47. The van der Waals surface area contributed by atoms with Gasteiger partial charge >= 0.3 is 6.09 Å². The first-order valence-corrected chi connectivity index (χ1v) is 9.16. The highest BCUT2D eigenvalue weighted by Gasteiger charge is 2.20. The highest BCUT2D eigenvalue weighted by Crippen LogP contribution is 2.10. The smallest absolute Gasteiger partial charge is 0.410 e. The summed E-state index contributed by atoms with van der Waals surface area (Å²) in [6, 6.07) is 0. The summed E-state index contributed by atoms with van der Waals surface area (Å²) in [4.78, 5) is 17.8. The van der Waals surface area contributed by atoms with Gasteiger partial charge in [-0.15, -0.1) is 0 Å². The highest BCUT2D eigenvalue weighted by molar-refractivity contribution is 5.79. The van der Waals surface area contributed by atoms with E-state index in [0.717, 1.165) is 45.1 Å². The van der Waals surface area contributed by atoms with Crippen LogP contribution in [0.5, 0.6) is 0 Å². The van der Waals surface area contributed by atoms with Gasteiger partial charge in [0.25, 0.3) is 0 Å². The molecule has 0 aromatic carbocycles. The number of carbonyl (C=O) groups excluding carboxylic acids is 1. The Morgan fingerprint density at radius 3 is 2.48 bits per heavy atom. The normalized spacial score (nSPS) is 13.3. The van der Waals surface area contributed by atoms with Crippen molar-refractivity contribution in [2.45, 2.75) is 53.1 Å². The van der Waals surface area contributed by atoms with Crippen molar-refractivity contribution in [1.29, 1.82) is 0 Å². The van der Waals surface area contributed by atoms with E-state index in [1.54, 1.807) is 19.0 Å². The molecule has 0 aliphatic rings.